The van der Waals surface area contributed by atoms with E-state index >= 15 is 0 Å². The maximum atomic E-state index is 9.70. The molecule has 0 saturated carbocycles. The fraction of sp³-hybridized carbons (Fsp3) is 0.235. The Morgan fingerprint density at radius 2 is 0.956 bits per heavy atom. The summed E-state index contributed by atoms with van der Waals surface area (Å²) in [7, 11) is 3.10. The standard InChI is InChI=1S/2C12H8N2O.C3H7NO.C2H3ClO.2C2H6.CH5N/c2*1-2-5-9(6-3-1)12-14-11-10(15-12)7-4-8-13-11;1-3(5)4-2;1-2(3)4;3*1-2/h2*1-8H;1-2H3,(H,4,5);1H3;2*1-2H3;2H2,1H3. The second kappa shape index (κ2) is 24.5. The van der Waals surface area contributed by atoms with Crippen LogP contribution in [-0.4, -0.2) is 45.2 Å². The zero-order valence-corrected chi connectivity index (χ0v) is 27.9. The van der Waals surface area contributed by atoms with E-state index in [9.17, 15) is 9.59 Å². The van der Waals surface area contributed by atoms with Gasteiger partial charge in [-0.1, -0.05) is 64.1 Å². The third kappa shape index (κ3) is 15.4. The molecule has 0 atom stereocenters. The van der Waals surface area contributed by atoms with Gasteiger partial charge in [0.1, 0.15) is 0 Å². The molecular formula is C34H43ClN6O4. The first kappa shape index (κ1) is 40.1. The van der Waals surface area contributed by atoms with Crippen molar-refractivity contribution in [2.75, 3.05) is 14.1 Å². The zero-order chi connectivity index (χ0) is 34.0. The number of carbonyl (C=O) groups excluding carboxylic acids is 2. The number of fused-ring (bicyclic) bond motifs is 2. The molecule has 6 rings (SSSR count). The summed E-state index contributed by atoms with van der Waals surface area (Å²) in [5.74, 6) is 1.23. The molecule has 4 heterocycles. The molecule has 2 aromatic carbocycles. The van der Waals surface area contributed by atoms with E-state index in [1.807, 2.05) is 113 Å². The average molecular weight is 635 g/mol. The molecule has 0 radical (unpaired) electrons. The van der Waals surface area contributed by atoms with Crippen LogP contribution in [0, 0.1) is 0 Å². The number of nitrogens with zero attached hydrogens (tertiary/aromatic N) is 4. The number of nitrogens with one attached hydrogen (secondary N) is 1. The van der Waals surface area contributed by atoms with Crippen molar-refractivity contribution < 1.29 is 18.4 Å². The summed E-state index contributed by atoms with van der Waals surface area (Å²) in [6.45, 7) is 10.8. The first-order valence-electron chi connectivity index (χ1n) is 14.3. The molecular weight excluding hydrogens is 592 g/mol. The third-order valence-corrected chi connectivity index (χ3v) is 4.72. The molecule has 3 N–H and O–H groups in total. The van der Waals surface area contributed by atoms with Crippen LogP contribution in [0.25, 0.3) is 45.4 Å². The molecule has 0 aliphatic carbocycles. The van der Waals surface area contributed by atoms with Crippen LogP contribution in [0.4, 0.5) is 0 Å². The van der Waals surface area contributed by atoms with Crippen LogP contribution in [-0.2, 0) is 9.59 Å². The molecule has 0 aliphatic rings. The highest BCUT2D eigenvalue weighted by molar-refractivity contribution is 6.62. The molecule has 240 valence electrons. The molecule has 11 heteroatoms. The first-order valence-corrected chi connectivity index (χ1v) is 14.7. The number of aromatic nitrogens is 4. The van der Waals surface area contributed by atoms with Gasteiger partial charge < -0.3 is 19.9 Å². The number of carbonyl (C=O) groups is 2. The molecule has 45 heavy (non-hydrogen) atoms. The summed E-state index contributed by atoms with van der Waals surface area (Å²) in [6, 6.07) is 27.0. The van der Waals surface area contributed by atoms with Crippen molar-refractivity contribution >= 4 is 45.2 Å². The van der Waals surface area contributed by atoms with Gasteiger partial charge in [0.15, 0.2) is 22.5 Å². The summed E-state index contributed by atoms with van der Waals surface area (Å²) >= 11 is 4.64. The van der Waals surface area contributed by atoms with Crippen LogP contribution >= 0.6 is 11.6 Å². The number of pyridine rings is 2. The molecule has 10 nitrogen and oxygen atoms in total. The summed E-state index contributed by atoms with van der Waals surface area (Å²) in [5, 5.41) is 2.03. The Labute approximate surface area is 270 Å². The number of amides is 1. The predicted molar refractivity (Wildman–Crippen MR) is 184 cm³/mol. The zero-order valence-electron chi connectivity index (χ0n) is 27.1. The van der Waals surface area contributed by atoms with Crippen LogP contribution in [0.1, 0.15) is 41.5 Å². The molecule has 4 aromatic heterocycles. The Balaban J connectivity index is 0.000000606. The molecule has 0 aliphatic heterocycles. The van der Waals surface area contributed by atoms with E-state index in [1.54, 1.807) is 19.4 Å². The van der Waals surface area contributed by atoms with Gasteiger partial charge in [-0.05, 0) is 67.2 Å². The summed E-state index contributed by atoms with van der Waals surface area (Å²) in [4.78, 5) is 35.8. The summed E-state index contributed by atoms with van der Waals surface area (Å²) < 4.78 is 11.2. The largest absolute Gasteiger partial charge is 0.434 e. The lowest BCUT2D eigenvalue weighted by Crippen LogP contribution is -2.11. The van der Waals surface area contributed by atoms with Crippen molar-refractivity contribution in [1.29, 1.82) is 0 Å². The molecule has 6 aromatic rings. The maximum absolute atomic E-state index is 9.70. The van der Waals surface area contributed by atoms with Crippen LogP contribution in [0.5, 0.6) is 0 Å². The second-order valence-electron chi connectivity index (χ2n) is 7.70. The monoisotopic (exact) mass is 634 g/mol. The Bertz CT molecular complexity index is 1440. The lowest BCUT2D eigenvalue weighted by atomic mass is 10.2. The van der Waals surface area contributed by atoms with E-state index in [0.717, 1.165) is 22.3 Å². The Hall–Kier alpha value is -4.93. The van der Waals surface area contributed by atoms with Crippen molar-refractivity contribution in [1.82, 2.24) is 25.3 Å². The number of benzene rings is 2. The minimum absolute atomic E-state index is 0.00463. The number of hydrogen-bond acceptors (Lipinski definition) is 9. The Morgan fingerprint density at radius 3 is 1.22 bits per heavy atom. The topological polar surface area (TPSA) is 150 Å². The van der Waals surface area contributed by atoms with Crippen LogP contribution in [0.2, 0.25) is 0 Å². The highest BCUT2D eigenvalue weighted by Crippen LogP contribution is 2.23. The van der Waals surface area contributed by atoms with Gasteiger partial charge in [0, 0.05) is 44.4 Å². The van der Waals surface area contributed by atoms with E-state index in [1.165, 1.54) is 20.9 Å². The SMILES string of the molecule is CC.CC.CC(=O)Cl.CN.CNC(C)=O.c1ccc(-c2nc3ncccc3o2)cc1.c1ccc(-c2nc3ncccc3o2)cc1. The normalized spacial score (nSPS) is 8.84. The summed E-state index contributed by atoms with van der Waals surface area (Å²) in [5.41, 5.74) is 9.17. The van der Waals surface area contributed by atoms with Gasteiger partial charge in [0.25, 0.3) is 0 Å². The fourth-order valence-corrected chi connectivity index (χ4v) is 2.95. The van der Waals surface area contributed by atoms with Gasteiger partial charge in [-0.3, -0.25) is 9.59 Å². The summed E-state index contributed by atoms with van der Waals surface area (Å²) in [6.07, 6.45) is 3.42. The molecule has 0 spiro atoms. The first-order chi connectivity index (χ1) is 21.9. The van der Waals surface area contributed by atoms with Crippen LogP contribution in [0.15, 0.2) is 106 Å². The van der Waals surface area contributed by atoms with Crippen molar-refractivity contribution in [3.63, 3.8) is 0 Å². The Kier molecular flexibility index (Phi) is 21.8. The fourth-order valence-electron chi connectivity index (χ4n) is 2.95. The molecule has 1 amide bonds. The molecule has 0 unspecified atom stereocenters. The molecule has 0 fully saturated rings. The van der Waals surface area contributed by atoms with E-state index in [-0.39, 0.29) is 11.1 Å². The lowest BCUT2D eigenvalue weighted by molar-refractivity contribution is -0.118. The van der Waals surface area contributed by atoms with E-state index in [2.05, 4.69) is 42.6 Å². The van der Waals surface area contributed by atoms with E-state index < -0.39 is 0 Å². The average Bonchev–Trinajstić information content (AvgIpc) is 3.74. The molecule has 0 bridgehead atoms. The van der Waals surface area contributed by atoms with Gasteiger partial charge in [-0.15, -0.1) is 0 Å². The van der Waals surface area contributed by atoms with Gasteiger partial charge in [0.05, 0.1) is 0 Å². The Morgan fingerprint density at radius 1 is 0.644 bits per heavy atom. The smallest absolute Gasteiger partial charge is 0.228 e. The highest BCUT2D eigenvalue weighted by atomic mass is 35.5. The quantitative estimate of drug-likeness (QED) is 0.181. The van der Waals surface area contributed by atoms with Crippen molar-refractivity contribution in [3.8, 4) is 22.9 Å². The van der Waals surface area contributed by atoms with Crippen molar-refractivity contribution in [3.05, 3.63) is 97.3 Å². The predicted octanol–water partition coefficient (Wildman–Crippen LogP) is 7.93. The van der Waals surface area contributed by atoms with Gasteiger partial charge in [0.2, 0.25) is 22.9 Å². The number of oxazole rings is 2. The van der Waals surface area contributed by atoms with E-state index in [4.69, 9.17) is 8.83 Å². The van der Waals surface area contributed by atoms with Crippen molar-refractivity contribution in [2.45, 2.75) is 41.5 Å². The number of rotatable bonds is 2. The van der Waals surface area contributed by atoms with Crippen molar-refractivity contribution in [2.24, 2.45) is 5.73 Å². The van der Waals surface area contributed by atoms with Crippen LogP contribution < -0.4 is 11.1 Å². The number of nitrogens with two attached hydrogens (primary N) is 1. The molecule has 0 saturated heterocycles. The second-order valence-corrected chi connectivity index (χ2v) is 8.23. The number of hydrogen-bond donors (Lipinski definition) is 2. The van der Waals surface area contributed by atoms with Gasteiger partial charge in [-0.2, -0.15) is 9.97 Å². The van der Waals surface area contributed by atoms with Gasteiger partial charge in [-0.25, -0.2) is 9.97 Å². The minimum atomic E-state index is -0.361. The third-order valence-electron chi connectivity index (χ3n) is 4.72. The van der Waals surface area contributed by atoms with Gasteiger partial charge >= 0.3 is 0 Å². The van der Waals surface area contributed by atoms with E-state index in [0.29, 0.717) is 23.1 Å². The minimum Gasteiger partial charge on any atom is -0.434 e. The van der Waals surface area contributed by atoms with Crippen LogP contribution in [0.3, 0.4) is 0 Å². The maximum Gasteiger partial charge on any atom is 0.228 e. The highest BCUT2D eigenvalue weighted by Gasteiger charge is 2.08. The number of halogens is 1. The lowest BCUT2D eigenvalue weighted by Gasteiger charge is -1.91.